The third-order valence-corrected chi connectivity index (χ3v) is 5.99. The fourth-order valence-electron chi connectivity index (χ4n) is 2.57. The molecule has 0 aromatic rings. The van der Waals surface area contributed by atoms with Gasteiger partial charge in [-0.05, 0) is 36.3 Å². The van der Waals surface area contributed by atoms with Crippen molar-refractivity contribution in [1.82, 2.24) is 0 Å². The lowest BCUT2D eigenvalue weighted by Gasteiger charge is -2.27. The molecule has 84 valence electrons. The Morgan fingerprint density at radius 1 is 1.29 bits per heavy atom. The Kier molecular flexibility index (Phi) is 4.65. The standard InChI is InChI=1S/C12H26OSi/c1-11(9-12(2,3)4)10-14-8-6-5-7-13-14/h11,14H,5-10H2,1-4H3. The molecule has 1 saturated heterocycles. The molecule has 0 radical (unpaired) electrons. The van der Waals surface area contributed by atoms with Gasteiger partial charge in [0.25, 0.3) is 0 Å². The van der Waals surface area contributed by atoms with Gasteiger partial charge in [-0.25, -0.2) is 0 Å². The van der Waals surface area contributed by atoms with Gasteiger partial charge in [0, 0.05) is 6.61 Å². The molecular weight excluding hydrogens is 188 g/mol. The molecule has 2 atom stereocenters. The zero-order valence-electron chi connectivity index (χ0n) is 10.3. The van der Waals surface area contributed by atoms with Crippen LogP contribution in [0.3, 0.4) is 0 Å². The maximum absolute atomic E-state index is 5.90. The predicted octanol–water partition coefficient (Wildman–Crippen LogP) is 3.59. The summed E-state index contributed by atoms with van der Waals surface area (Å²) in [5.74, 6) is 0.866. The SMILES string of the molecule is CC(C[SiH]1CCCCO1)CC(C)(C)C. The van der Waals surface area contributed by atoms with Crippen molar-refractivity contribution in [1.29, 1.82) is 0 Å². The molecule has 0 saturated carbocycles. The highest BCUT2D eigenvalue weighted by molar-refractivity contribution is 6.52. The molecule has 14 heavy (non-hydrogen) atoms. The summed E-state index contributed by atoms with van der Waals surface area (Å²) < 4.78 is 5.90. The molecule has 1 aliphatic heterocycles. The van der Waals surface area contributed by atoms with Crippen molar-refractivity contribution in [3.05, 3.63) is 0 Å². The summed E-state index contributed by atoms with van der Waals surface area (Å²) in [6.07, 6.45) is 4.08. The molecule has 1 heterocycles. The Morgan fingerprint density at radius 2 is 2.00 bits per heavy atom. The number of rotatable bonds is 3. The first kappa shape index (κ1) is 12.2. The Hall–Kier alpha value is 0.177. The van der Waals surface area contributed by atoms with Crippen LogP contribution in [-0.2, 0) is 4.43 Å². The second-order valence-electron chi connectivity index (χ2n) is 6.09. The monoisotopic (exact) mass is 214 g/mol. The smallest absolute Gasteiger partial charge is 0.177 e. The van der Waals surface area contributed by atoms with Crippen molar-refractivity contribution in [2.75, 3.05) is 6.61 Å². The Bertz CT molecular complexity index is 156. The van der Waals surface area contributed by atoms with Crippen molar-refractivity contribution in [3.63, 3.8) is 0 Å². The minimum absolute atomic E-state index is 0.489. The van der Waals surface area contributed by atoms with Gasteiger partial charge in [-0.2, -0.15) is 0 Å². The van der Waals surface area contributed by atoms with E-state index >= 15 is 0 Å². The van der Waals surface area contributed by atoms with Crippen LogP contribution >= 0.6 is 0 Å². The van der Waals surface area contributed by atoms with Gasteiger partial charge < -0.3 is 4.43 Å². The minimum atomic E-state index is -0.774. The minimum Gasteiger partial charge on any atom is -0.420 e. The van der Waals surface area contributed by atoms with Crippen LogP contribution in [0.25, 0.3) is 0 Å². The van der Waals surface area contributed by atoms with Crippen molar-refractivity contribution in [2.45, 2.75) is 59.0 Å². The topological polar surface area (TPSA) is 9.23 Å². The first-order chi connectivity index (χ1) is 6.47. The van der Waals surface area contributed by atoms with Crippen LogP contribution in [0.15, 0.2) is 0 Å². The molecule has 0 aromatic carbocycles. The average molecular weight is 214 g/mol. The van der Waals surface area contributed by atoms with Crippen LogP contribution in [0.1, 0.15) is 47.0 Å². The highest BCUT2D eigenvalue weighted by Gasteiger charge is 2.22. The van der Waals surface area contributed by atoms with Crippen LogP contribution in [-0.4, -0.2) is 15.6 Å². The van der Waals surface area contributed by atoms with Crippen LogP contribution in [0.2, 0.25) is 12.1 Å². The van der Waals surface area contributed by atoms with E-state index in [9.17, 15) is 0 Å². The molecule has 1 fully saturated rings. The lowest BCUT2D eigenvalue weighted by Crippen LogP contribution is -2.26. The zero-order chi connectivity index (χ0) is 10.6. The molecule has 2 unspecified atom stereocenters. The van der Waals surface area contributed by atoms with E-state index in [0.29, 0.717) is 5.41 Å². The first-order valence-electron chi connectivity index (χ1n) is 6.09. The summed E-state index contributed by atoms with van der Waals surface area (Å²) in [7, 11) is -0.774. The maximum Gasteiger partial charge on any atom is 0.177 e. The highest BCUT2D eigenvalue weighted by atomic mass is 28.3. The normalized spacial score (nSPS) is 26.1. The fraction of sp³-hybridized carbons (Fsp3) is 1.00. The van der Waals surface area contributed by atoms with Gasteiger partial charge in [0.1, 0.15) is 0 Å². The lowest BCUT2D eigenvalue weighted by atomic mass is 9.86. The van der Waals surface area contributed by atoms with Crippen LogP contribution in [0.5, 0.6) is 0 Å². The molecular formula is C12H26OSi. The van der Waals surface area contributed by atoms with Gasteiger partial charge in [-0.3, -0.25) is 0 Å². The zero-order valence-corrected chi connectivity index (χ0v) is 11.5. The van der Waals surface area contributed by atoms with Crippen molar-refractivity contribution in [2.24, 2.45) is 11.3 Å². The van der Waals surface area contributed by atoms with Gasteiger partial charge >= 0.3 is 0 Å². The molecule has 2 heteroatoms. The molecule has 0 bridgehead atoms. The van der Waals surface area contributed by atoms with E-state index in [2.05, 4.69) is 27.7 Å². The van der Waals surface area contributed by atoms with E-state index in [1.54, 1.807) is 0 Å². The van der Waals surface area contributed by atoms with E-state index in [0.717, 1.165) is 12.5 Å². The third-order valence-electron chi connectivity index (χ3n) is 2.90. The van der Waals surface area contributed by atoms with Crippen LogP contribution < -0.4 is 0 Å². The predicted molar refractivity (Wildman–Crippen MR) is 65.2 cm³/mol. The molecule has 0 amide bonds. The quantitative estimate of drug-likeness (QED) is 0.652. The van der Waals surface area contributed by atoms with Gasteiger partial charge in [0.15, 0.2) is 9.04 Å². The Morgan fingerprint density at radius 3 is 2.50 bits per heavy atom. The van der Waals surface area contributed by atoms with Gasteiger partial charge in [-0.1, -0.05) is 34.1 Å². The van der Waals surface area contributed by atoms with Crippen molar-refractivity contribution < 1.29 is 4.43 Å². The first-order valence-corrected chi connectivity index (χ1v) is 8.19. The summed E-state index contributed by atoms with van der Waals surface area (Å²) in [6.45, 7) is 10.5. The third kappa shape index (κ3) is 5.16. The average Bonchev–Trinajstić information content (AvgIpc) is 2.02. The molecule has 0 spiro atoms. The molecule has 1 nitrogen and oxygen atoms in total. The molecule has 1 rings (SSSR count). The van der Waals surface area contributed by atoms with Crippen molar-refractivity contribution in [3.8, 4) is 0 Å². The second kappa shape index (κ2) is 5.31. The van der Waals surface area contributed by atoms with E-state index in [4.69, 9.17) is 4.43 Å². The molecule has 0 aliphatic carbocycles. The molecule has 0 N–H and O–H groups in total. The van der Waals surface area contributed by atoms with E-state index in [-0.39, 0.29) is 0 Å². The van der Waals surface area contributed by atoms with Crippen LogP contribution in [0, 0.1) is 11.3 Å². The molecule has 1 aliphatic rings. The highest BCUT2D eigenvalue weighted by Crippen LogP contribution is 2.28. The Balaban J connectivity index is 2.21. The number of hydrogen-bond donors (Lipinski definition) is 0. The second-order valence-corrected chi connectivity index (χ2v) is 8.72. The van der Waals surface area contributed by atoms with E-state index < -0.39 is 9.04 Å². The Labute approximate surface area is 91.0 Å². The maximum atomic E-state index is 5.90. The van der Waals surface area contributed by atoms with Crippen molar-refractivity contribution >= 4 is 9.04 Å². The van der Waals surface area contributed by atoms with E-state index in [1.165, 1.54) is 31.4 Å². The summed E-state index contributed by atoms with van der Waals surface area (Å²) in [6, 6.07) is 2.83. The fourth-order valence-corrected chi connectivity index (χ4v) is 5.42. The largest absolute Gasteiger partial charge is 0.420 e. The molecule has 0 aromatic heterocycles. The summed E-state index contributed by atoms with van der Waals surface area (Å²) in [5.41, 5.74) is 0.489. The summed E-state index contributed by atoms with van der Waals surface area (Å²) in [4.78, 5) is 0. The lowest BCUT2D eigenvalue weighted by molar-refractivity contribution is 0.270. The van der Waals surface area contributed by atoms with Gasteiger partial charge in [0.2, 0.25) is 0 Å². The van der Waals surface area contributed by atoms with Crippen LogP contribution in [0.4, 0.5) is 0 Å². The van der Waals surface area contributed by atoms with Gasteiger partial charge in [-0.15, -0.1) is 0 Å². The summed E-state index contributed by atoms with van der Waals surface area (Å²) in [5, 5.41) is 0. The number of hydrogen-bond acceptors (Lipinski definition) is 1. The van der Waals surface area contributed by atoms with Gasteiger partial charge in [0.05, 0.1) is 0 Å². The summed E-state index contributed by atoms with van der Waals surface area (Å²) >= 11 is 0. The van der Waals surface area contributed by atoms with E-state index in [1.807, 2.05) is 0 Å².